The number of rotatable bonds is 4. The molecule has 2 aromatic carbocycles. The van der Waals surface area contributed by atoms with Gasteiger partial charge in [0.15, 0.2) is 5.69 Å². The largest absolute Gasteiger partial charge is 0.320 e. The normalized spacial score (nSPS) is 11.4. The number of hydrogen-bond donors (Lipinski definition) is 2. The van der Waals surface area contributed by atoms with Gasteiger partial charge in [-0.1, -0.05) is 33.3 Å². The van der Waals surface area contributed by atoms with Crippen LogP contribution in [-0.4, -0.2) is 29.3 Å². The molecule has 0 bridgehead atoms. The van der Waals surface area contributed by atoms with Gasteiger partial charge in [-0.3, -0.25) is 4.79 Å². The van der Waals surface area contributed by atoms with Crippen LogP contribution in [0.15, 0.2) is 51.8 Å². The molecule has 0 unspecified atom stereocenters. The van der Waals surface area contributed by atoms with E-state index in [4.69, 9.17) is 5.14 Å². The lowest BCUT2D eigenvalue weighted by Gasteiger charge is -2.08. The Morgan fingerprint density at radius 1 is 1.19 bits per heavy atom. The molecule has 1 heterocycles. The van der Waals surface area contributed by atoms with Crippen LogP contribution in [0.4, 0.5) is 5.69 Å². The molecule has 0 aliphatic rings. The van der Waals surface area contributed by atoms with Crippen molar-refractivity contribution in [1.29, 1.82) is 0 Å². The summed E-state index contributed by atoms with van der Waals surface area (Å²) in [7, 11) is -3.89. The molecule has 8 nitrogen and oxygen atoms in total. The predicted octanol–water partition coefficient (Wildman–Crippen LogP) is 2.55. The summed E-state index contributed by atoms with van der Waals surface area (Å²) in [4.78, 5) is 12.5. The van der Waals surface area contributed by atoms with E-state index in [0.29, 0.717) is 16.9 Å². The summed E-state index contributed by atoms with van der Waals surface area (Å²) in [5.41, 5.74) is 2.22. The molecule has 3 rings (SSSR count). The molecule has 0 atom stereocenters. The van der Waals surface area contributed by atoms with Crippen LogP contribution in [0.5, 0.6) is 0 Å². The number of carbonyl (C=O) groups excluding carboxylic acids is 1. The van der Waals surface area contributed by atoms with Gasteiger partial charge in [0.1, 0.15) is 0 Å². The summed E-state index contributed by atoms with van der Waals surface area (Å²) in [6, 6.07) is 11.9. The molecular formula is C17H16BrN5O3S. The average molecular weight is 450 g/mol. The molecule has 0 aliphatic heterocycles. The first-order valence-corrected chi connectivity index (χ1v) is 10.1. The van der Waals surface area contributed by atoms with Gasteiger partial charge in [-0.15, -0.1) is 5.10 Å². The molecule has 0 radical (unpaired) electrons. The van der Waals surface area contributed by atoms with Crippen LogP contribution in [0.1, 0.15) is 21.7 Å². The quantitative estimate of drug-likeness (QED) is 0.633. The van der Waals surface area contributed by atoms with E-state index >= 15 is 0 Å². The predicted molar refractivity (Wildman–Crippen MR) is 104 cm³/mol. The van der Waals surface area contributed by atoms with E-state index in [1.165, 1.54) is 6.07 Å². The van der Waals surface area contributed by atoms with E-state index in [2.05, 4.69) is 31.6 Å². The van der Waals surface area contributed by atoms with Gasteiger partial charge in [-0.05, 0) is 49.7 Å². The van der Waals surface area contributed by atoms with Crippen LogP contribution in [0.3, 0.4) is 0 Å². The molecular weight excluding hydrogens is 434 g/mol. The third kappa shape index (κ3) is 4.07. The Balaban J connectivity index is 1.90. The maximum atomic E-state index is 12.6. The SMILES string of the molecule is Cc1ccc(NC(=O)c2nnn(-c3cccc(Br)c3)c2C)cc1S(N)(=O)=O. The molecule has 1 amide bonds. The number of primary sulfonamides is 1. The summed E-state index contributed by atoms with van der Waals surface area (Å²) in [5.74, 6) is -0.502. The summed E-state index contributed by atoms with van der Waals surface area (Å²) in [6.07, 6.45) is 0. The number of aryl methyl sites for hydroxylation is 1. The zero-order chi connectivity index (χ0) is 19.8. The van der Waals surface area contributed by atoms with Crippen molar-refractivity contribution in [1.82, 2.24) is 15.0 Å². The zero-order valence-electron chi connectivity index (χ0n) is 14.5. The minimum atomic E-state index is -3.89. The highest BCUT2D eigenvalue weighted by molar-refractivity contribution is 9.10. The second kappa shape index (κ2) is 7.22. The fourth-order valence-electron chi connectivity index (χ4n) is 2.57. The van der Waals surface area contributed by atoms with Crippen molar-refractivity contribution >= 4 is 37.5 Å². The molecule has 0 saturated heterocycles. The number of nitrogens with zero attached hydrogens (tertiary/aromatic N) is 3. The van der Waals surface area contributed by atoms with Crippen LogP contribution in [-0.2, 0) is 10.0 Å². The Morgan fingerprint density at radius 2 is 1.93 bits per heavy atom. The Labute approximate surface area is 164 Å². The summed E-state index contributed by atoms with van der Waals surface area (Å²) in [5, 5.41) is 15.8. The van der Waals surface area contributed by atoms with Gasteiger partial charge in [0.05, 0.1) is 16.3 Å². The fraction of sp³-hybridized carbons (Fsp3) is 0.118. The highest BCUT2D eigenvalue weighted by Gasteiger charge is 2.19. The zero-order valence-corrected chi connectivity index (χ0v) is 16.9. The fourth-order valence-corrected chi connectivity index (χ4v) is 3.76. The second-order valence-electron chi connectivity index (χ2n) is 5.89. The first-order valence-electron chi connectivity index (χ1n) is 7.80. The van der Waals surface area contributed by atoms with Gasteiger partial charge in [0, 0.05) is 10.2 Å². The molecule has 27 heavy (non-hydrogen) atoms. The van der Waals surface area contributed by atoms with Crippen LogP contribution in [0.2, 0.25) is 0 Å². The Bertz CT molecular complexity index is 1140. The van der Waals surface area contributed by atoms with E-state index in [9.17, 15) is 13.2 Å². The van der Waals surface area contributed by atoms with Gasteiger partial charge in [-0.25, -0.2) is 18.2 Å². The maximum absolute atomic E-state index is 12.6. The van der Waals surface area contributed by atoms with E-state index in [1.807, 2.05) is 24.3 Å². The number of hydrogen-bond acceptors (Lipinski definition) is 5. The minimum Gasteiger partial charge on any atom is -0.320 e. The maximum Gasteiger partial charge on any atom is 0.278 e. The first kappa shape index (κ1) is 19.2. The average Bonchev–Trinajstić information content (AvgIpc) is 2.97. The number of anilines is 1. The lowest BCUT2D eigenvalue weighted by Crippen LogP contribution is -2.17. The van der Waals surface area contributed by atoms with Crippen molar-refractivity contribution in [2.75, 3.05) is 5.32 Å². The number of carbonyl (C=O) groups is 1. The molecule has 0 spiro atoms. The van der Waals surface area contributed by atoms with Gasteiger partial charge < -0.3 is 5.32 Å². The molecule has 10 heteroatoms. The van der Waals surface area contributed by atoms with Gasteiger partial charge in [0.2, 0.25) is 10.0 Å². The van der Waals surface area contributed by atoms with Crippen LogP contribution in [0, 0.1) is 13.8 Å². The van der Waals surface area contributed by atoms with Crippen LogP contribution in [0.25, 0.3) is 5.69 Å². The first-order chi connectivity index (χ1) is 12.7. The molecule has 3 aromatic rings. The smallest absolute Gasteiger partial charge is 0.278 e. The number of sulfonamides is 1. The molecule has 0 fully saturated rings. The minimum absolute atomic E-state index is 0.0465. The summed E-state index contributed by atoms with van der Waals surface area (Å²) in [6.45, 7) is 3.35. The lowest BCUT2D eigenvalue weighted by atomic mass is 10.2. The summed E-state index contributed by atoms with van der Waals surface area (Å²) < 4.78 is 25.7. The molecule has 1 aromatic heterocycles. The van der Waals surface area contributed by atoms with Crippen LogP contribution < -0.4 is 10.5 Å². The van der Waals surface area contributed by atoms with Crippen molar-refractivity contribution < 1.29 is 13.2 Å². The standard InChI is InChI=1S/C17H16BrN5O3S/c1-10-6-7-13(9-15(10)27(19,25)26)20-17(24)16-11(2)23(22-21-16)14-5-3-4-12(18)8-14/h3-9H,1-2H3,(H,20,24)(H2,19,25,26). The van der Waals surface area contributed by atoms with Crippen molar-refractivity contribution in [3.63, 3.8) is 0 Å². The van der Waals surface area contributed by atoms with Crippen molar-refractivity contribution in [2.24, 2.45) is 5.14 Å². The third-order valence-corrected chi connectivity index (χ3v) is 5.46. The van der Waals surface area contributed by atoms with E-state index in [-0.39, 0.29) is 10.6 Å². The molecule has 140 valence electrons. The highest BCUT2D eigenvalue weighted by atomic mass is 79.9. The van der Waals surface area contributed by atoms with Crippen LogP contribution >= 0.6 is 15.9 Å². The third-order valence-electron chi connectivity index (χ3n) is 3.91. The van der Waals surface area contributed by atoms with Gasteiger partial charge in [0.25, 0.3) is 5.91 Å². The van der Waals surface area contributed by atoms with E-state index in [0.717, 1.165) is 10.2 Å². The Hall–Kier alpha value is -2.56. The van der Waals surface area contributed by atoms with Gasteiger partial charge >= 0.3 is 0 Å². The van der Waals surface area contributed by atoms with E-state index in [1.54, 1.807) is 30.7 Å². The number of nitrogens with two attached hydrogens (primary N) is 1. The topological polar surface area (TPSA) is 120 Å². The van der Waals surface area contributed by atoms with Gasteiger partial charge in [-0.2, -0.15) is 0 Å². The number of amides is 1. The highest BCUT2D eigenvalue weighted by Crippen LogP contribution is 2.21. The molecule has 0 saturated carbocycles. The van der Waals surface area contributed by atoms with E-state index < -0.39 is 15.9 Å². The van der Waals surface area contributed by atoms with Crippen molar-refractivity contribution in [3.05, 3.63) is 63.9 Å². The summed E-state index contributed by atoms with van der Waals surface area (Å²) >= 11 is 3.39. The Kier molecular flexibility index (Phi) is 5.13. The second-order valence-corrected chi connectivity index (χ2v) is 8.34. The molecule has 3 N–H and O–H groups in total. The number of benzene rings is 2. The van der Waals surface area contributed by atoms with Crippen molar-refractivity contribution in [3.8, 4) is 5.69 Å². The Morgan fingerprint density at radius 3 is 2.59 bits per heavy atom. The number of nitrogens with one attached hydrogen (secondary N) is 1. The monoisotopic (exact) mass is 449 g/mol. The molecule has 0 aliphatic carbocycles. The lowest BCUT2D eigenvalue weighted by molar-refractivity contribution is 0.102. The number of aromatic nitrogens is 3. The number of halogens is 1. The van der Waals surface area contributed by atoms with Crippen molar-refractivity contribution in [2.45, 2.75) is 18.7 Å².